The summed E-state index contributed by atoms with van der Waals surface area (Å²) < 4.78 is 4.04. The van der Waals surface area contributed by atoms with Crippen molar-refractivity contribution >= 4 is 33.5 Å². The number of rotatable bonds is 2. The zero-order valence-corrected chi connectivity index (χ0v) is 13.9. The number of nitrogens with zero attached hydrogens (tertiary/aromatic N) is 3. The van der Waals surface area contributed by atoms with Crippen LogP contribution in [0.3, 0.4) is 0 Å². The predicted molar refractivity (Wildman–Crippen MR) is 96.3 cm³/mol. The Morgan fingerprint density at radius 1 is 1.08 bits per heavy atom. The first-order valence-corrected chi connectivity index (χ1v) is 7.83. The first kappa shape index (κ1) is 14.5. The molecule has 1 amide bonds. The Bertz CT molecular complexity index is 1090. The van der Waals surface area contributed by atoms with Crippen LogP contribution in [-0.4, -0.2) is 20.0 Å². The number of carbonyl (C=O) groups is 1. The van der Waals surface area contributed by atoms with Crippen LogP contribution in [0, 0.1) is 6.92 Å². The summed E-state index contributed by atoms with van der Waals surface area (Å²) in [6.45, 7) is 1.97. The van der Waals surface area contributed by atoms with Crippen molar-refractivity contribution in [2.75, 3.05) is 5.32 Å². The van der Waals surface area contributed by atoms with E-state index in [0.29, 0.717) is 5.56 Å². The fourth-order valence-electron chi connectivity index (χ4n) is 3.10. The highest BCUT2D eigenvalue weighted by Gasteiger charge is 2.12. The number of amides is 1. The summed E-state index contributed by atoms with van der Waals surface area (Å²) in [7, 11) is 3.96. The highest BCUT2D eigenvalue weighted by atomic mass is 16.1. The topological polar surface area (TPSA) is 51.9 Å². The summed E-state index contributed by atoms with van der Waals surface area (Å²) in [5, 5.41) is 3.93. The molecule has 0 spiro atoms. The van der Waals surface area contributed by atoms with Crippen molar-refractivity contribution in [1.82, 2.24) is 14.1 Å². The average molecular weight is 318 g/mol. The largest absolute Gasteiger partial charge is 0.351 e. The van der Waals surface area contributed by atoms with Crippen LogP contribution in [-0.2, 0) is 14.1 Å². The average Bonchev–Trinajstić information content (AvgIpc) is 3.08. The van der Waals surface area contributed by atoms with Gasteiger partial charge in [0.1, 0.15) is 5.82 Å². The van der Waals surface area contributed by atoms with Gasteiger partial charge in [-0.15, -0.1) is 0 Å². The normalized spacial score (nSPS) is 11.3. The molecule has 4 aromatic rings. The second-order valence-corrected chi connectivity index (χ2v) is 6.04. The van der Waals surface area contributed by atoms with Crippen LogP contribution in [0.2, 0.25) is 0 Å². The minimum Gasteiger partial charge on any atom is -0.351 e. The standard InChI is InChI=1S/C19H18N4O/c1-12-20-16-11-13(7-8-18(16)23(12)3)21-19(24)15-5-4-6-17-14(15)9-10-22(17)2/h4-11H,1-3H3,(H,21,24). The number of aromatic nitrogens is 3. The molecule has 0 aliphatic carbocycles. The Morgan fingerprint density at radius 2 is 1.92 bits per heavy atom. The van der Waals surface area contributed by atoms with Crippen molar-refractivity contribution in [3.8, 4) is 0 Å². The lowest BCUT2D eigenvalue weighted by Crippen LogP contribution is -2.12. The molecule has 2 aromatic heterocycles. The van der Waals surface area contributed by atoms with Gasteiger partial charge < -0.3 is 14.5 Å². The minimum atomic E-state index is -0.112. The number of hydrogen-bond acceptors (Lipinski definition) is 2. The maximum absolute atomic E-state index is 12.7. The van der Waals surface area contributed by atoms with E-state index in [9.17, 15) is 4.79 Å². The molecule has 0 aliphatic heterocycles. The number of hydrogen-bond donors (Lipinski definition) is 1. The highest BCUT2D eigenvalue weighted by Crippen LogP contribution is 2.23. The zero-order chi connectivity index (χ0) is 16.8. The van der Waals surface area contributed by atoms with Crippen LogP contribution < -0.4 is 5.32 Å². The Balaban J connectivity index is 1.70. The Hall–Kier alpha value is -3.08. The van der Waals surface area contributed by atoms with E-state index in [2.05, 4.69) is 10.3 Å². The van der Waals surface area contributed by atoms with Gasteiger partial charge in [0.2, 0.25) is 0 Å². The van der Waals surface area contributed by atoms with E-state index in [4.69, 9.17) is 0 Å². The van der Waals surface area contributed by atoms with E-state index in [1.165, 1.54) is 0 Å². The molecule has 2 aromatic carbocycles. The third-order valence-corrected chi connectivity index (χ3v) is 4.53. The van der Waals surface area contributed by atoms with Gasteiger partial charge in [-0.3, -0.25) is 4.79 Å². The summed E-state index contributed by atoms with van der Waals surface area (Å²) in [4.78, 5) is 17.2. The van der Waals surface area contributed by atoms with E-state index >= 15 is 0 Å². The molecule has 2 heterocycles. The Morgan fingerprint density at radius 3 is 2.75 bits per heavy atom. The van der Waals surface area contributed by atoms with Gasteiger partial charge in [0, 0.05) is 42.4 Å². The van der Waals surface area contributed by atoms with Gasteiger partial charge in [0.15, 0.2) is 0 Å². The van der Waals surface area contributed by atoms with E-state index in [-0.39, 0.29) is 5.91 Å². The van der Waals surface area contributed by atoms with Crippen molar-refractivity contribution < 1.29 is 4.79 Å². The maximum Gasteiger partial charge on any atom is 0.256 e. The summed E-state index contributed by atoms with van der Waals surface area (Å²) in [6.07, 6.45) is 1.96. The van der Waals surface area contributed by atoms with Gasteiger partial charge >= 0.3 is 0 Å². The second-order valence-electron chi connectivity index (χ2n) is 6.04. The van der Waals surface area contributed by atoms with Crippen LogP contribution in [0.1, 0.15) is 16.2 Å². The van der Waals surface area contributed by atoms with Crippen molar-refractivity contribution in [1.29, 1.82) is 0 Å². The Kier molecular flexibility index (Phi) is 3.16. The third-order valence-electron chi connectivity index (χ3n) is 4.53. The fourth-order valence-corrected chi connectivity index (χ4v) is 3.10. The molecule has 24 heavy (non-hydrogen) atoms. The maximum atomic E-state index is 12.7. The van der Waals surface area contributed by atoms with Crippen LogP contribution in [0.5, 0.6) is 0 Å². The van der Waals surface area contributed by atoms with Crippen molar-refractivity contribution in [2.45, 2.75) is 6.92 Å². The van der Waals surface area contributed by atoms with E-state index < -0.39 is 0 Å². The molecule has 4 rings (SSSR count). The molecular weight excluding hydrogens is 300 g/mol. The zero-order valence-electron chi connectivity index (χ0n) is 13.9. The van der Waals surface area contributed by atoms with Crippen LogP contribution in [0.15, 0.2) is 48.7 Å². The van der Waals surface area contributed by atoms with Gasteiger partial charge in [-0.2, -0.15) is 0 Å². The summed E-state index contributed by atoms with van der Waals surface area (Å²) in [6, 6.07) is 13.5. The molecule has 0 bridgehead atoms. The molecule has 5 heteroatoms. The van der Waals surface area contributed by atoms with E-state index in [0.717, 1.165) is 33.4 Å². The summed E-state index contributed by atoms with van der Waals surface area (Å²) in [5.41, 5.74) is 4.39. The number of nitrogens with one attached hydrogen (secondary N) is 1. The number of benzene rings is 2. The molecule has 0 unspecified atom stereocenters. The molecule has 0 saturated carbocycles. The lowest BCUT2D eigenvalue weighted by Gasteiger charge is -2.07. The van der Waals surface area contributed by atoms with Crippen molar-refractivity contribution in [3.63, 3.8) is 0 Å². The van der Waals surface area contributed by atoms with Crippen molar-refractivity contribution in [3.05, 3.63) is 60.0 Å². The summed E-state index contributed by atoms with van der Waals surface area (Å²) >= 11 is 0. The number of fused-ring (bicyclic) bond motifs is 2. The van der Waals surface area contributed by atoms with Gasteiger partial charge in [-0.05, 0) is 43.3 Å². The lowest BCUT2D eigenvalue weighted by molar-refractivity contribution is 0.102. The molecule has 1 N–H and O–H groups in total. The molecule has 0 radical (unpaired) electrons. The number of carbonyl (C=O) groups excluding carboxylic acids is 1. The number of aryl methyl sites for hydroxylation is 3. The molecule has 120 valence electrons. The van der Waals surface area contributed by atoms with Crippen molar-refractivity contribution in [2.24, 2.45) is 14.1 Å². The predicted octanol–water partition coefficient (Wildman–Crippen LogP) is 3.63. The van der Waals surface area contributed by atoms with E-state index in [1.807, 2.05) is 78.8 Å². The van der Waals surface area contributed by atoms with Crippen LogP contribution in [0.4, 0.5) is 5.69 Å². The van der Waals surface area contributed by atoms with Gasteiger partial charge in [0.25, 0.3) is 5.91 Å². The molecule has 0 saturated heterocycles. The first-order valence-electron chi connectivity index (χ1n) is 7.83. The fraction of sp³-hybridized carbons (Fsp3) is 0.158. The lowest BCUT2D eigenvalue weighted by atomic mass is 10.1. The quantitative estimate of drug-likeness (QED) is 0.613. The Labute approximate surface area is 139 Å². The molecule has 0 atom stereocenters. The SMILES string of the molecule is Cc1nc2cc(NC(=O)c3cccc4c3ccn4C)ccc2n1C. The van der Waals surface area contributed by atoms with Crippen LogP contribution in [0.25, 0.3) is 21.9 Å². The third kappa shape index (κ3) is 2.17. The minimum absolute atomic E-state index is 0.112. The number of anilines is 1. The first-order chi connectivity index (χ1) is 11.5. The van der Waals surface area contributed by atoms with Gasteiger partial charge in [-0.25, -0.2) is 4.98 Å². The van der Waals surface area contributed by atoms with Gasteiger partial charge in [-0.1, -0.05) is 6.07 Å². The van der Waals surface area contributed by atoms with Crippen LogP contribution >= 0.6 is 0 Å². The monoisotopic (exact) mass is 318 g/mol. The van der Waals surface area contributed by atoms with E-state index in [1.54, 1.807) is 0 Å². The molecule has 0 fully saturated rings. The second kappa shape index (κ2) is 5.23. The molecular formula is C19H18N4O. The molecule has 5 nitrogen and oxygen atoms in total. The number of imidazole rings is 1. The molecule has 0 aliphatic rings. The highest BCUT2D eigenvalue weighted by molar-refractivity contribution is 6.13. The summed E-state index contributed by atoms with van der Waals surface area (Å²) in [5.74, 6) is 0.835. The van der Waals surface area contributed by atoms with Gasteiger partial charge in [0.05, 0.1) is 11.0 Å². The smallest absolute Gasteiger partial charge is 0.256 e.